The summed E-state index contributed by atoms with van der Waals surface area (Å²) in [5, 5.41) is 37.0. The quantitative estimate of drug-likeness (QED) is 0.239. The summed E-state index contributed by atoms with van der Waals surface area (Å²) in [5.41, 5.74) is -0.103. The number of hydrogen-bond acceptors (Lipinski definition) is 6. The molecule has 0 bridgehead atoms. The van der Waals surface area contributed by atoms with Crippen LogP contribution in [-0.4, -0.2) is 61.2 Å². The third kappa shape index (κ3) is 3.34. The summed E-state index contributed by atoms with van der Waals surface area (Å²) in [6.45, 7) is -0.647. The first kappa shape index (κ1) is 13.8. The Morgan fingerprint density at radius 2 is 1.75 bits per heavy atom. The van der Waals surface area contributed by atoms with Crippen molar-refractivity contribution in [2.24, 2.45) is 0 Å². The lowest BCUT2D eigenvalue weighted by atomic mass is 9.90. The molecule has 0 saturated carbocycles. The van der Waals surface area contributed by atoms with Crippen LogP contribution in [0.5, 0.6) is 0 Å². The molecule has 0 spiro atoms. The van der Waals surface area contributed by atoms with Crippen molar-refractivity contribution in [3.63, 3.8) is 0 Å². The maximum absolute atomic E-state index is 10.4. The van der Waals surface area contributed by atoms with E-state index in [1.807, 2.05) is 0 Å². The van der Waals surface area contributed by atoms with E-state index in [0.717, 1.165) is 6.08 Å². The van der Waals surface area contributed by atoms with Crippen molar-refractivity contribution < 1.29 is 39.3 Å². The van der Waals surface area contributed by atoms with E-state index in [4.69, 9.17) is 14.9 Å². The predicted octanol–water partition coefficient (Wildman–Crippen LogP) is -2.52. The molecule has 9 heteroatoms. The zero-order valence-electron chi connectivity index (χ0n) is 8.04. The molecule has 0 unspecified atom stereocenters. The van der Waals surface area contributed by atoms with Crippen molar-refractivity contribution in [2.45, 2.75) is 24.4 Å². The van der Waals surface area contributed by atoms with Gasteiger partial charge < -0.3 is 30.2 Å². The molecule has 16 heavy (non-hydrogen) atoms. The molecule has 0 aliphatic heterocycles. The van der Waals surface area contributed by atoms with Crippen molar-refractivity contribution in [2.75, 3.05) is 6.61 Å². The molecule has 0 aromatic carbocycles. The molecular weight excluding hydrogens is 243 g/mol. The number of aliphatic hydroxyl groups excluding tert-OH is 4. The summed E-state index contributed by atoms with van der Waals surface area (Å²) in [4.78, 5) is 16.8. The molecule has 1 aliphatic rings. The van der Waals surface area contributed by atoms with E-state index in [0.29, 0.717) is 0 Å². The van der Waals surface area contributed by atoms with Crippen LogP contribution >= 0.6 is 7.82 Å². The van der Waals surface area contributed by atoms with Gasteiger partial charge in [-0.05, 0) is 11.6 Å². The third-order valence-corrected chi connectivity index (χ3v) is 2.65. The molecule has 0 heterocycles. The molecule has 0 radical (unpaired) electrons. The van der Waals surface area contributed by atoms with Gasteiger partial charge in [0, 0.05) is 0 Å². The summed E-state index contributed by atoms with van der Waals surface area (Å²) in [6.07, 6.45) is -5.15. The van der Waals surface area contributed by atoms with Crippen molar-refractivity contribution in [3.8, 4) is 0 Å². The van der Waals surface area contributed by atoms with Crippen LogP contribution in [0, 0.1) is 0 Å². The van der Waals surface area contributed by atoms with Crippen molar-refractivity contribution >= 4 is 7.82 Å². The van der Waals surface area contributed by atoms with Crippen LogP contribution in [0.4, 0.5) is 0 Å². The molecule has 0 saturated heterocycles. The highest BCUT2D eigenvalue weighted by molar-refractivity contribution is 7.46. The Balaban J connectivity index is 2.72. The average molecular weight is 256 g/mol. The fraction of sp³-hybridized carbons (Fsp3) is 0.714. The minimum atomic E-state index is -4.69. The summed E-state index contributed by atoms with van der Waals surface area (Å²) in [7, 11) is -4.69. The predicted molar refractivity (Wildman–Crippen MR) is 50.1 cm³/mol. The zero-order valence-corrected chi connectivity index (χ0v) is 8.94. The van der Waals surface area contributed by atoms with Crippen LogP contribution in [0.2, 0.25) is 0 Å². The van der Waals surface area contributed by atoms with Gasteiger partial charge in [-0.25, -0.2) is 4.57 Å². The molecule has 1 rings (SSSR count). The van der Waals surface area contributed by atoms with E-state index in [-0.39, 0.29) is 5.57 Å². The van der Waals surface area contributed by atoms with Crippen molar-refractivity contribution in [1.29, 1.82) is 0 Å². The van der Waals surface area contributed by atoms with Crippen LogP contribution < -0.4 is 0 Å². The Hall–Kier alpha value is -0.310. The molecule has 4 atom stereocenters. The fourth-order valence-electron chi connectivity index (χ4n) is 1.32. The minimum Gasteiger partial charge on any atom is -0.387 e. The average Bonchev–Trinajstić information content (AvgIpc) is 2.17. The van der Waals surface area contributed by atoms with Crippen LogP contribution in [0.15, 0.2) is 11.6 Å². The van der Waals surface area contributed by atoms with E-state index >= 15 is 0 Å². The highest BCUT2D eigenvalue weighted by Gasteiger charge is 2.37. The zero-order chi connectivity index (χ0) is 12.5. The number of hydrogen-bond donors (Lipinski definition) is 6. The van der Waals surface area contributed by atoms with Crippen LogP contribution in [0.3, 0.4) is 0 Å². The van der Waals surface area contributed by atoms with E-state index in [1.54, 1.807) is 0 Å². The van der Waals surface area contributed by atoms with E-state index < -0.39 is 38.8 Å². The summed E-state index contributed by atoms with van der Waals surface area (Å²) in [6, 6.07) is 0. The second-order valence-corrected chi connectivity index (χ2v) is 4.66. The SMILES string of the molecule is O=P(O)(O)OCC1=C[C@@H](O)[C@H](O)[C@@H](O)[C@@H]1O. The standard InChI is InChI=1S/C7H13O8P/c8-4-1-3(2-15-16(12,13)14)5(9)7(11)6(4)10/h1,4-11H,2H2,(H2,12,13,14)/t4-,5-,6+,7+/m1/s1. The van der Waals surface area contributed by atoms with E-state index in [9.17, 15) is 19.9 Å². The van der Waals surface area contributed by atoms with Gasteiger partial charge in [-0.3, -0.25) is 4.52 Å². The fourth-order valence-corrected chi connectivity index (χ4v) is 1.63. The molecule has 0 amide bonds. The maximum Gasteiger partial charge on any atom is 0.469 e. The highest BCUT2D eigenvalue weighted by Crippen LogP contribution is 2.37. The van der Waals surface area contributed by atoms with E-state index in [1.165, 1.54) is 0 Å². The van der Waals surface area contributed by atoms with Crippen molar-refractivity contribution in [1.82, 2.24) is 0 Å². The molecule has 0 aromatic rings. The first-order chi connectivity index (χ1) is 7.22. The molecule has 0 aromatic heterocycles. The Labute approximate surface area is 90.7 Å². The lowest BCUT2D eigenvalue weighted by Crippen LogP contribution is -2.49. The highest BCUT2D eigenvalue weighted by atomic mass is 31.2. The van der Waals surface area contributed by atoms with Crippen LogP contribution in [0.25, 0.3) is 0 Å². The Morgan fingerprint density at radius 1 is 1.19 bits per heavy atom. The molecular formula is C7H13O8P. The van der Waals surface area contributed by atoms with Crippen LogP contribution in [-0.2, 0) is 9.09 Å². The molecule has 1 aliphatic carbocycles. The normalized spacial score (nSPS) is 36.0. The van der Waals surface area contributed by atoms with Gasteiger partial charge in [0.2, 0.25) is 0 Å². The van der Waals surface area contributed by atoms with Crippen LogP contribution in [0.1, 0.15) is 0 Å². The van der Waals surface area contributed by atoms with Gasteiger partial charge in [0.05, 0.1) is 6.61 Å². The van der Waals surface area contributed by atoms with Gasteiger partial charge in [0.1, 0.15) is 24.4 Å². The summed E-state index contributed by atoms with van der Waals surface area (Å²) in [5.74, 6) is 0. The molecule has 8 nitrogen and oxygen atoms in total. The molecule has 94 valence electrons. The Kier molecular flexibility index (Phi) is 4.22. The maximum atomic E-state index is 10.4. The Bertz CT molecular complexity index is 322. The van der Waals surface area contributed by atoms with Crippen molar-refractivity contribution in [3.05, 3.63) is 11.6 Å². The van der Waals surface area contributed by atoms with Gasteiger partial charge in [-0.1, -0.05) is 0 Å². The number of aliphatic hydroxyl groups is 4. The number of rotatable bonds is 3. The minimum absolute atomic E-state index is 0.103. The lowest BCUT2D eigenvalue weighted by molar-refractivity contribution is -0.0946. The topological polar surface area (TPSA) is 148 Å². The first-order valence-electron chi connectivity index (χ1n) is 4.35. The largest absolute Gasteiger partial charge is 0.469 e. The first-order valence-corrected chi connectivity index (χ1v) is 5.88. The molecule has 6 N–H and O–H groups in total. The number of phosphoric ester groups is 1. The lowest BCUT2D eigenvalue weighted by Gasteiger charge is -2.32. The van der Waals surface area contributed by atoms with Gasteiger partial charge in [0.25, 0.3) is 0 Å². The Morgan fingerprint density at radius 3 is 2.25 bits per heavy atom. The van der Waals surface area contributed by atoms with Gasteiger partial charge in [-0.15, -0.1) is 0 Å². The van der Waals surface area contributed by atoms with Gasteiger partial charge in [-0.2, -0.15) is 0 Å². The molecule has 0 fully saturated rings. The second-order valence-electron chi connectivity index (χ2n) is 3.42. The number of phosphoric acid groups is 1. The van der Waals surface area contributed by atoms with E-state index in [2.05, 4.69) is 4.52 Å². The summed E-state index contributed by atoms with van der Waals surface area (Å²) < 4.78 is 14.5. The smallest absolute Gasteiger partial charge is 0.387 e. The summed E-state index contributed by atoms with van der Waals surface area (Å²) >= 11 is 0. The van der Waals surface area contributed by atoms with Gasteiger partial charge in [0.15, 0.2) is 0 Å². The second kappa shape index (κ2) is 4.91. The third-order valence-electron chi connectivity index (χ3n) is 2.19. The monoisotopic (exact) mass is 256 g/mol. The van der Waals surface area contributed by atoms with Gasteiger partial charge >= 0.3 is 7.82 Å².